The van der Waals surface area contributed by atoms with Gasteiger partial charge in [0.15, 0.2) is 11.6 Å². The molecule has 0 bridgehead atoms. The van der Waals surface area contributed by atoms with Crippen molar-refractivity contribution in [2.24, 2.45) is 28.6 Å². The summed E-state index contributed by atoms with van der Waals surface area (Å²) < 4.78 is 6.16. The van der Waals surface area contributed by atoms with Crippen LogP contribution in [0.25, 0.3) is 0 Å². The Morgan fingerprint density at radius 1 is 1.33 bits per heavy atom. The van der Waals surface area contributed by atoms with Gasteiger partial charge in [0.1, 0.15) is 5.60 Å². The van der Waals surface area contributed by atoms with E-state index in [1.165, 1.54) is 0 Å². The summed E-state index contributed by atoms with van der Waals surface area (Å²) in [7, 11) is 0. The first-order valence-electron chi connectivity index (χ1n) is 10.5. The van der Waals surface area contributed by atoms with Crippen LogP contribution in [0, 0.1) is 28.6 Å². The summed E-state index contributed by atoms with van der Waals surface area (Å²) >= 11 is 0. The van der Waals surface area contributed by atoms with Gasteiger partial charge in [0.2, 0.25) is 0 Å². The molecule has 2 fully saturated rings. The van der Waals surface area contributed by atoms with Gasteiger partial charge in [-0.25, -0.2) is 0 Å². The molecule has 2 saturated carbocycles. The highest BCUT2D eigenvalue weighted by Gasteiger charge is 2.68. The summed E-state index contributed by atoms with van der Waals surface area (Å²) in [6.07, 6.45) is 9.24. The summed E-state index contributed by atoms with van der Waals surface area (Å²) in [5.74, 6) is 0.914. The first-order valence-corrected chi connectivity index (χ1v) is 10.5. The van der Waals surface area contributed by atoms with Crippen molar-refractivity contribution in [1.29, 1.82) is 0 Å². The van der Waals surface area contributed by atoms with E-state index in [0.717, 1.165) is 24.8 Å². The molecule has 0 saturated heterocycles. The molecule has 0 amide bonds. The zero-order chi connectivity index (χ0) is 19.6. The van der Waals surface area contributed by atoms with E-state index in [0.29, 0.717) is 25.4 Å². The van der Waals surface area contributed by atoms with Gasteiger partial charge in [-0.3, -0.25) is 9.59 Å². The third-order valence-electron chi connectivity index (χ3n) is 8.54. The lowest BCUT2D eigenvalue weighted by Gasteiger charge is -2.59. The topological polar surface area (TPSA) is 63.6 Å². The maximum Gasteiger partial charge on any atom is 0.162 e. The largest absolute Gasteiger partial charge is 0.393 e. The van der Waals surface area contributed by atoms with Crippen LogP contribution in [-0.2, 0) is 14.3 Å². The Bertz CT molecular complexity index is 737. The number of hydrogen-bond acceptors (Lipinski definition) is 4. The Balaban J connectivity index is 1.79. The van der Waals surface area contributed by atoms with E-state index in [-0.39, 0.29) is 34.2 Å². The molecule has 0 aliphatic heterocycles. The average Bonchev–Trinajstić information content (AvgIpc) is 2.89. The second-order valence-corrected chi connectivity index (χ2v) is 9.60. The van der Waals surface area contributed by atoms with Crippen molar-refractivity contribution in [2.45, 2.75) is 71.5 Å². The molecule has 0 aromatic rings. The third kappa shape index (κ3) is 2.35. The molecule has 0 aromatic heterocycles. The van der Waals surface area contributed by atoms with E-state index in [2.05, 4.69) is 26.0 Å². The molecule has 0 radical (unpaired) electrons. The number of carbonyl (C=O) groups is 2. The van der Waals surface area contributed by atoms with Crippen molar-refractivity contribution in [3.63, 3.8) is 0 Å². The number of allylic oxidation sites excluding steroid dienone is 4. The van der Waals surface area contributed by atoms with Crippen LogP contribution < -0.4 is 0 Å². The molecule has 4 nitrogen and oxygen atoms in total. The average molecular weight is 373 g/mol. The summed E-state index contributed by atoms with van der Waals surface area (Å²) in [4.78, 5) is 24.7. The second kappa shape index (κ2) is 6.12. The van der Waals surface area contributed by atoms with Gasteiger partial charge in [0.05, 0.1) is 6.10 Å². The minimum Gasteiger partial charge on any atom is -0.393 e. The Labute approximate surface area is 162 Å². The second-order valence-electron chi connectivity index (χ2n) is 9.60. The minimum absolute atomic E-state index is 0.0925. The van der Waals surface area contributed by atoms with Crippen LogP contribution in [0.5, 0.6) is 0 Å². The molecule has 0 heterocycles. The SMILES string of the molecule is CCO[C@]1(C(C)=O)CC[C@H]2[C@@H]3C=CC4=CC(=O)CC[C@@]4(C)[C@@H]3[C@@H](O)C[C@@]21C. The molecule has 4 heteroatoms. The highest BCUT2D eigenvalue weighted by molar-refractivity contribution is 5.92. The molecule has 4 rings (SSSR count). The zero-order valence-corrected chi connectivity index (χ0v) is 17.0. The quantitative estimate of drug-likeness (QED) is 0.822. The molecule has 0 aromatic carbocycles. The fourth-order valence-electron chi connectivity index (χ4n) is 7.28. The van der Waals surface area contributed by atoms with E-state index in [1.54, 1.807) is 13.0 Å². The molecule has 0 spiro atoms. The van der Waals surface area contributed by atoms with Crippen molar-refractivity contribution in [3.05, 3.63) is 23.8 Å². The van der Waals surface area contributed by atoms with Gasteiger partial charge in [-0.05, 0) is 68.4 Å². The van der Waals surface area contributed by atoms with Crippen LogP contribution >= 0.6 is 0 Å². The molecule has 0 unspecified atom stereocenters. The predicted molar refractivity (Wildman–Crippen MR) is 103 cm³/mol. The molecular weight excluding hydrogens is 340 g/mol. The Morgan fingerprint density at radius 3 is 2.74 bits per heavy atom. The number of ether oxygens (including phenoxy) is 1. The van der Waals surface area contributed by atoms with E-state index in [1.807, 2.05) is 6.92 Å². The van der Waals surface area contributed by atoms with Crippen molar-refractivity contribution in [1.82, 2.24) is 0 Å². The number of ketones is 2. The highest BCUT2D eigenvalue weighted by Crippen LogP contribution is 2.67. The van der Waals surface area contributed by atoms with Crippen molar-refractivity contribution in [3.8, 4) is 0 Å². The molecule has 1 N–H and O–H groups in total. The van der Waals surface area contributed by atoms with Crippen LogP contribution in [0.1, 0.15) is 59.8 Å². The monoisotopic (exact) mass is 372 g/mol. The van der Waals surface area contributed by atoms with Crippen LogP contribution in [0.15, 0.2) is 23.8 Å². The van der Waals surface area contributed by atoms with E-state index in [9.17, 15) is 14.7 Å². The molecule has 7 atom stereocenters. The van der Waals surface area contributed by atoms with Crippen LogP contribution in [0.3, 0.4) is 0 Å². The Morgan fingerprint density at radius 2 is 2.07 bits per heavy atom. The van der Waals surface area contributed by atoms with Crippen LogP contribution in [0.2, 0.25) is 0 Å². The molecule has 4 aliphatic rings. The fraction of sp³-hybridized carbons (Fsp3) is 0.739. The highest BCUT2D eigenvalue weighted by atomic mass is 16.5. The lowest BCUT2D eigenvalue weighted by Crippen LogP contribution is -2.61. The minimum atomic E-state index is -0.786. The molecule has 148 valence electrons. The number of hydrogen-bond donors (Lipinski definition) is 1. The Kier molecular flexibility index (Phi) is 4.32. The summed E-state index contributed by atoms with van der Waals surface area (Å²) in [5, 5.41) is 11.4. The van der Waals surface area contributed by atoms with Gasteiger partial charge < -0.3 is 9.84 Å². The van der Waals surface area contributed by atoms with Crippen molar-refractivity contribution < 1.29 is 19.4 Å². The lowest BCUT2D eigenvalue weighted by molar-refractivity contribution is -0.184. The van der Waals surface area contributed by atoms with Crippen LogP contribution in [0.4, 0.5) is 0 Å². The number of fused-ring (bicyclic) bond motifs is 5. The van der Waals surface area contributed by atoms with E-state index >= 15 is 0 Å². The van der Waals surface area contributed by atoms with Gasteiger partial charge in [0.25, 0.3) is 0 Å². The van der Waals surface area contributed by atoms with Gasteiger partial charge in [-0.2, -0.15) is 0 Å². The summed E-state index contributed by atoms with van der Waals surface area (Å²) in [6.45, 7) is 8.48. The Hall–Kier alpha value is -1.26. The van der Waals surface area contributed by atoms with Crippen molar-refractivity contribution >= 4 is 11.6 Å². The lowest BCUT2D eigenvalue weighted by atomic mass is 9.47. The molecule has 4 aliphatic carbocycles. The molecule has 27 heavy (non-hydrogen) atoms. The number of Topliss-reactive ketones (excluding diaryl/α,β-unsaturated/α-hetero) is 1. The smallest absolute Gasteiger partial charge is 0.162 e. The standard InChI is InChI=1S/C23H32O4/c1-5-27-23(14(2)24)11-9-18-17-7-6-15-12-16(25)8-10-21(15,3)20(17)19(26)13-22(18,23)4/h6-7,12,17-20,26H,5,8-11,13H2,1-4H3/t17-,18-,19-,20-,21+,22-,23-/m0/s1. The van der Waals surface area contributed by atoms with Gasteiger partial charge in [-0.1, -0.05) is 26.0 Å². The predicted octanol–water partition coefficient (Wildman–Crippen LogP) is 3.63. The first-order chi connectivity index (χ1) is 12.7. The molecular formula is C23H32O4. The number of rotatable bonds is 3. The number of aliphatic hydroxyl groups is 1. The first kappa shape index (κ1) is 19.1. The van der Waals surface area contributed by atoms with Gasteiger partial charge in [-0.15, -0.1) is 0 Å². The van der Waals surface area contributed by atoms with Crippen LogP contribution in [-0.4, -0.2) is 35.0 Å². The van der Waals surface area contributed by atoms with E-state index < -0.39 is 11.7 Å². The van der Waals surface area contributed by atoms with Gasteiger partial charge in [0, 0.05) is 24.4 Å². The van der Waals surface area contributed by atoms with Gasteiger partial charge >= 0.3 is 0 Å². The summed E-state index contributed by atoms with van der Waals surface area (Å²) in [5.41, 5.74) is -0.238. The zero-order valence-electron chi connectivity index (χ0n) is 17.0. The fourth-order valence-corrected chi connectivity index (χ4v) is 7.28. The third-order valence-corrected chi connectivity index (χ3v) is 8.54. The maximum atomic E-state index is 12.7. The number of carbonyl (C=O) groups excluding carboxylic acids is 2. The van der Waals surface area contributed by atoms with Crippen molar-refractivity contribution in [2.75, 3.05) is 6.61 Å². The normalized spacial score (nSPS) is 48.5. The van der Waals surface area contributed by atoms with E-state index in [4.69, 9.17) is 4.74 Å². The number of aliphatic hydroxyl groups excluding tert-OH is 1. The summed E-state index contributed by atoms with van der Waals surface area (Å²) in [6, 6.07) is 0. The maximum absolute atomic E-state index is 12.7.